The number of aromatic nitrogens is 1. The van der Waals surface area contributed by atoms with Crippen molar-refractivity contribution in [1.29, 1.82) is 0 Å². The van der Waals surface area contributed by atoms with Gasteiger partial charge in [-0.2, -0.15) is 0 Å². The number of benzene rings is 1. The van der Waals surface area contributed by atoms with Crippen LogP contribution >= 0.6 is 0 Å². The van der Waals surface area contributed by atoms with Gasteiger partial charge in [0.05, 0.1) is 12.1 Å². The van der Waals surface area contributed by atoms with Crippen LogP contribution in [0.15, 0.2) is 34.9 Å². The highest BCUT2D eigenvalue weighted by atomic mass is 16.5. The molecule has 0 saturated carbocycles. The second-order valence-corrected chi connectivity index (χ2v) is 5.69. The first-order valence-corrected chi connectivity index (χ1v) is 6.49. The average molecular weight is 258 g/mol. The number of β-amino-alcohol motifs (C(OH)–C–C–N with tert-alkyl or cyclic N) is 1. The molecule has 4 heteroatoms. The third-order valence-corrected chi connectivity index (χ3v) is 3.41. The first kappa shape index (κ1) is 12.4. The van der Waals surface area contributed by atoms with Crippen molar-refractivity contribution >= 4 is 0 Å². The summed E-state index contributed by atoms with van der Waals surface area (Å²) in [7, 11) is 0. The van der Waals surface area contributed by atoms with E-state index in [9.17, 15) is 5.11 Å². The molecular weight excluding hydrogens is 240 g/mol. The standard InChI is InChI=1S/C15H18N2O2/c1-11-3-5-12(6-4-11)14-7-13(19-16-14)8-17-9-15(2,18)10-17/h3-7,18H,8-10H2,1-2H3. The predicted molar refractivity (Wildman–Crippen MR) is 72.6 cm³/mol. The Morgan fingerprint density at radius 2 is 2.00 bits per heavy atom. The molecule has 19 heavy (non-hydrogen) atoms. The Bertz CT molecular complexity index is 564. The molecule has 1 aliphatic heterocycles. The molecule has 0 unspecified atom stereocenters. The van der Waals surface area contributed by atoms with E-state index in [1.807, 2.05) is 25.1 Å². The molecule has 100 valence electrons. The summed E-state index contributed by atoms with van der Waals surface area (Å²) in [6.07, 6.45) is 0. The molecule has 1 saturated heterocycles. The van der Waals surface area contributed by atoms with Gasteiger partial charge in [-0.05, 0) is 13.8 Å². The van der Waals surface area contributed by atoms with Gasteiger partial charge in [-0.25, -0.2) is 0 Å². The minimum atomic E-state index is -0.542. The fourth-order valence-electron chi connectivity index (χ4n) is 2.50. The summed E-state index contributed by atoms with van der Waals surface area (Å²) < 4.78 is 5.35. The molecule has 2 heterocycles. The van der Waals surface area contributed by atoms with Crippen molar-refractivity contribution in [2.45, 2.75) is 26.0 Å². The summed E-state index contributed by atoms with van der Waals surface area (Å²) in [6.45, 7) is 5.99. The molecule has 4 nitrogen and oxygen atoms in total. The molecule has 1 aromatic carbocycles. The van der Waals surface area contributed by atoms with Gasteiger partial charge in [0.1, 0.15) is 5.69 Å². The van der Waals surface area contributed by atoms with Gasteiger partial charge in [-0.3, -0.25) is 4.90 Å². The Morgan fingerprint density at radius 1 is 1.32 bits per heavy atom. The number of aliphatic hydroxyl groups is 1. The lowest BCUT2D eigenvalue weighted by Gasteiger charge is -2.43. The lowest BCUT2D eigenvalue weighted by Crippen LogP contribution is -2.59. The third-order valence-electron chi connectivity index (χ3n) is 3.41. The van der Waals surface area contributed by atoms with Crippen LogP contribution in [0, 0.1) is 6.92 Å². The Kier molecular flexibility index (Phi) is 2.92. The Labute approximate surface area is 112 Å². The maximum Gasteiger partial charge on any atom is 0.151 e. The van der Waals surface area contributed by atoms with Crippen molar-refractivity contribution in [1.82, 2.24) is 10.1 Å². The van der Waals surface area contributed by atoms with Gasteiger partial charge < -0.3 is 9.63 Å². The number of likely N-dealkylation sites (tertiary alicyclic amines) is 1. The van der Waals surface area contributed by atoms with Gasteiger partial charge in [0.25, 0.3) is 0 Å². The summed E-state index contributed by atoms with van der Waals surface area (Å²) in [4.78, 5) is 2.14. The molecule has 0 aliphatic carbocycles. The molecule has 0 amide bonds. The monoisotopic (exact) mass is 258 g/mol. The van der Waals surface area contributed by atoms with Gasteiger partial charge >= 0.3 is 0 Å². The van der Waals surface area contributed by atoms with E-state index in [2.05, 4.69) is 29.1 Å². The number of hydrogen-bond acceptors (Lipinski definition) is 4. The first-order chi connectivity index (χ1) is 9.02. The van der Waals surface area contributed by atoms with Crippen LogP contribution in [0.2, 0.25) is 0 Å². The van der Waals surface area contributed by atoms with Gasteiger partial charge in [0, 0.05) is 24.7 Å². The average Bonchev–Trinajstić information content (AvgIpc) is 2.76. The summed E-state index contributed by atoms with van der Waals surface area (Å²) >= 11 is 0. The minimum Gasteiger partial charge on any atom is -0.388 e. The lowest BCUT2D eigenvalue weighted by atomic mass is 9.97. The molecule has 2 aromatic rings. The van der Waals surface area contributed by atoms with Crippen LogP contribution in [0.5, 0.6) is 0 Å². The molecule has 1 fully saturated rings. The fraction of sp³-hybridized carbons (Fsp3) is 0.400. The second kappa shape index (κ2) is 4.47. The largest absolute Gasteiger partial charge is 0.388 e. The van der Waals surface area contributed by atoms with E-state index >= 15 is 0 Å². The van der Waals surface area contributed by atoms with E-state index < -0.39 is 5.60 Å². The highest BCUT2D eigenvalue weighted by molar-refractivity contribution is 5.59. The van der Waals surface area contributed by atoms with E-state index in [1.165, 1.54) is 5.56 Å². The highest BCUT2D eigenvalue weighted by Crippen LogP contribution is 2.24. The number of rotatable bonds is 3. The van der Waals surface area contributed by atoms with Crippen LogP contribution in [0.4, 0.5) is 0 Å². The van der Waals surface area contributed by atoms with E-state index in [1.54, 1.807) is 0 Å². The van der Waals surface area contributed by atoms with Crippen molar-refractivity contribution in [3.63, 3.8) is 0 Å². The maximum absolute atomic E-state index is 9.68. The topological polar surface area (TPSA) is 49.5 Å². The predicted octanol–water partition coefficient (Wildman–Crippen LogP) is 2.22. The summed E-state index contributed by atoms with van der Waals surface area (Å²) in [6, 6.07) is 10.2. The van der Waals surface area contributed by atoms with Gasteiger partial charge in [-0.1, -0.05) is 35.0 Å². The molecule has 1 N–H and O–H groups in total. The zero-order valence-corrected chi connectivity index (χ0v) is 11.3. The van der Waals surface area contributed by atoms with Crippen LogP contribution < -0.4 is 0 Å². The maximum atomic E-state index is 9.68. The van der Waals surface area contributed by atoms with E-state index in [4.69, 9.17) is 4.52 Å². The summed E-state index contributed by atoms with van der Waals surface area (Å²) in [5.74, 6) is 0.839. The summed E-state index contributed by atoms with van der Waals surface area (Å²) in [5.41, 5.74) is 2.62. The van der Waals surface area contributed by atoms with Crippen LogP contribution in [0.3, 0.4) is 0 Å². The molecule has 3 rings (SSSR count). The number of aryl methyl sites for hydroxylation is 1. The quantitative estimate of drug-likeness (QED) is 0.917. The van der Waals surface area contributed by atoms with Gasteiger partial charge in [0.15, 0.2) is 5.76 Å². The van der Waals surface area contributed by atoms with Crippen molar-refractivity contribution in [3.8, 4) is 11.3 Å². The zero-order chi connectivity index (χ0) is 13.5. The van der Waals surface area contributed by atoms with Gasteiger partial charge in [-0.15, -0.1) is 0 Å². The zero-order valence-electron chi connectivity index (χ0n) is 11.3. The lowest BCUT2D eigenvalue weighted by molar-refractivity contribution is -0.0895. The van der Waals surface area contributed by atoms with E-state index in [-0.39, 0.29) is 0 Å². The van der Waals surface area contributed by atoms with Crippen molar-refractivity contribution in [2.75, 3.05) is 13.1 Å². The Hall–Kier alpha value is -1.65. The minimum absolute atomic E-state index is 0.542. The number of nitrogens with zero attached hydrogens (tertiary/aromatic N) is 2. The van der Waals surface area contributed by atoms with Crippen LogP contribution in [-0.4, -0.2) is 33.9 Å². The molecular formula is C15H18N2O2. The molecule has 0 radical (unpaired) electrons. The van der Waals surface area contributed by atoms with Crippen LogP contribution in [0.1, 0.15) is 18.2 Å². The molecule has 0 atom stereocenters. The molecule has 0 bridgehead atoms. The fourth-order valence-corrected chi connectivity index (χ4v) is 2.50. The van der Waals surface area contributed by atoms with Crippen molar-refractivity contribution < 1.29 is 9.63 Å². The van der Waals surface area contributed by atoms with E-state index in [0.29, 0.717) is 19.6 Å². The third kappa shape index (κ3) is 2.69. The Morgan fingerprint density at radius 3 is 2.63 bits per heavy atom. The molecule has 1 aliphatic rings. The van der Waals surface area contributed by atoms with Crippen molar-refractivity contribution in [3.05, 3.63) is 41.7 Å². The van der Waals surface area contributed by atoms with Crippen LogP contribution in [-0.2, 0) is 6.54 Å². The normalized spacial score (nSPS) is 18.3. The second-order valence-electron chi connectivity index (χ2n) is 5.69. The van der Waals surface area contributed by atoms with E-state index in [0.717, 1.165) is 17.0 Å². The smallest absolute Gasteiger partial charge is 0.151 e. The SMILES string of the molecule is Cc1ccc(-c2cc(CN3CC(C)(O)C3)on2)cc1. The van der Waals surface area contributed by atoms with Gasteiger partial charge in [0.2, 0.25) is 0 Å². The first-order valence-electron chi connectivity index (χ1n) is 6.49. The molecule has 0 spiro atoms. The highest BCUT2D eigenvalue weighted by Gasteiger charge is 2.36. The molecule has 1 aromatic heterocycles. The summed E-state index contributed by atoms with van der Waals surface area (Å²) in [5, 5.41) is 13.8. The number of hydrogen-bond donors (Lipinski definition) is 1. The van der Waals surface area contributed by atoms with Crippen LogP contribution in [0.25, 0.3) is 11.3 Å². The Balaban J connectivity index is 1.68. The van der Waals surface area contributed by atoms with Crippen molar-refractivity contribution in [2.24, 2.45) is 0 Å².